The summed E-state index contributed by atoms with van der Waals surface area (Å²) in [6, 6.07) is 0.392. The Balaban J connectivity index is 1.71. The fraction of sp³-hybridized carbons (Fsp3) is 0.667. The van der Waals surface area contributed by atoms with Crippen molar-refractivity contribution in [3.05, 3.63) is 27.2 Å². The Bertz CT molecular complexity index is 917. The van der Waals surface area contributed by atoms with E-state index in [4.69, 9.17) is 0 Å². The van der Waals surface area contributed by atoms with E-state index in [2.05, 4.69) is 4.98 Å². The second kappa shape index (κ2) is 7.47. The topological polar surface area (TPSA) is 82.1 Å². The van der Waals surface area contributed by atoms with Gasteiger partial charge < -0.3 is 9.47 Å². The lowest BCUT2D eigenvalue weighted by Crippen LogP contribution is -2.38. The summed E-state index contributed by atoms with van der Waals surface area (Å²) < 4.78 is 4.21. The van der Waals surface area contributed by atoms with Gasteiger partial charge >= 0.3 is 5.69 Å². The van der Waals surface area contributed by atoms with E-state index in [-0.39, 0.29) is 11.5 Å². The molecule has 2 heterocycles. The van der Waals surface area contributed by atoms with Crippen LogP contribution in [0.2, 0.25) is 0 Å². The number of carbonyl (C=O) groups is 1. The molecular formula is C18H27N5O3. The van der Waals surface area contributed by atoms with Gasteiger partial charge in [-0.25, -0.2) is 9.78 Å². The molecule has 3 rings (SSSR count). The molecule has 1 aliphatic rings. The molecule has 0 atom stereocenters. The number of carbonyl (C=O) groups excluding carboxylic acids is 1. The Morgan fingerprint density at radius 2 is 1.92 bits per heavy atom. The molecule has 8 nitrogen and oxygen atoms in total. The van der Waals surface area contributed by atoms with E-state index < -0.39 is 5.69 Å². The average molecular weight is 361 g/mol. The van der Waals surface area contributed by atoms with Crippen molar-refractivity contribution in [2.24, 2.45) is 14.1 Å². The summed E-state index contributed by atoms with van der Waals surface area (Å²) in [6.07, 6.45) is 7.29. The zero-order chi connectivity index (χ0) is 18.8. The third-order valence-electron chi connectivity index (χ3n) is 5.43. The molecule has 0 aliphatic heterocycles. The standard InChI is InChI=1S/C18H27N5O3/c1-4-23(13-8-5-6-9-13)14(24)10-7-11-22-12-19-16-15(22)17(25)21(3)18(26)20(16)2/h12-13H,4-11H2,1-3H3. The summed E-state index contributed by atoms with van der Waals surface area (Å²) in [7, 11) is 3.07. The molecule has 26 heavy (non-hydrogen) atoms. The van der Waals surface area contributed by atoms with Crippen LogP contribution < -0.4 is 11.2 Å². The molecule has 0 aromatic carbocycles. The van der Waals surface area contributed by atoms with Crippen LogP contribution in [-0.4, -0.2) is 42.1 Å². The van der Waals surface area contributed by atoms with E-state index >= 15 is 0 Å². The fourth-order valence-corrected chi connectivity index (χ4v) is 3.96. The van der Waals surface area contributed by atoms with Crippen LogP contribution >= 0.6 is 0 Å². The summed E-state index contributed by atoms with van der Waals surface area (Å²) in [5.41, 5.74) is 0.0434. The molecule has 2 aromatic heterocycles. The Morgan fingerprint density at radius 1 is 1.23 bits per heavy atom. The quantitative estimate of drug-likeness (QED) is 0.769. The molecule has 0 N–H and O–H groups in total. The summed E-state index contributed by atoms with van der Waals surface area (Å²) >= 11 is 0. The van der Waals surface area contributed by atoms with Gasteiger partial charge in [0.05, 0.1) is 6.33 Å². The first-order chi connectivity index (χ1) is 12.5. The molecule has 0 unspecified atom stereocenters. The van der Waals surface area contributed by atoms with Gasteiger partial charge in [0.2, 0.25) is 5.91 Å². The van der Waals surface area contributed by atoms with Gasteiger partial charge in [0.1, 0.15) is 0 Å². The van der Waals surface area contributed by atoms with Gasteiger partial charge in [0.25, 0.3) is 5.56 Å². The van der Waals surface area contributed by atoms with Crippen LogP contribution in [-0.2, 0) is 25.4 Å². The van der Waals surface area contributed by atoms with Crippen LogP contribution in [0.1, 0.15) is 45.4 Å². The zero-order valence-electron chi connectivity index (χ0n) is 15.8. The molecule has 1 amide bonds. The summed E-state index contributed by atoms with van der Waals surface area (Å²) in [6.45, 7) is 3.31. The normalized spacial score (nSPS) is 15.0. The number of imidazole rings is 1. The molecule has 1 saturated carbocycles. The molecule has 142 valence electrons. The number of aryl methyl sites for hydroxylation is 2. The largest absolute Gasteiger partial charge is 0.340 e. The highest BCUT2D eigenvalue weighted by molar-refractivity contribution is 5.76. The minimum absolute atomic E-state index is 0.184. The van der Waals surface area contributed by atoms with Gasteiger partial charge in [-0.1, -0.05) is 12.8 Å². The van der Waals surface area contributed by atoms with Crippen LogP contribution in [0.4, 0.5) is 0 Å². The van der Waals surface area contributed by atoms with Gasteiger partial charge in [-0.05, 0) is 26.2 Å². The fourth-order valence-electron chi connectivity index (χ4n) is 3.96. The second-order valence-electron chi connectivity index (χ2n) is 7.04. The van der Waals surface area contributed by atoms with E-state index in [0.717, 1.165) is 24.0 Å². The SMILES string of the molecule is CCN(C(=O)CCCn1cnc2c1c(=O)n(C)c(=O)n2C)C1CCCC1. The molecule has 8 heteroatoms. The lowest BCUT2D eigenvalue weighted by molar-refractivity contribution is -0.133. The highest BCUT2D eigenvalue weighted by Crippen LogP contribution is 2.24. The maximum Gasteiger partial charge on any atom is 0.332 e. The van der Waals surface area contributed by atoms with Gasteiger partial charge in [-0.3, -0.25) is 18.7 Å². The number of aromatic nitrogens is 4. The third-order valence-corrected chi connectivity index (χ3v) is 5.43. The van der Waals surface area contributed by atoms with Crippen LogP contribution in [0.15, 0.2) is 15.9 Å². The number of rotatable bonds is 6. The van der Waals surface area contributed by atoms with E-state index in [1.807, 2.05) is 11.8 Å². The van der Waals surface area contributed by atoms with Crippen molar-refractivity contribution in [2.75, 3.05) is 6.54 Å². The molecule has 2 aromatic rings. The number of fused-ring (bicyclic) bond motifs is 1. The molecule has 1 fully saturated rings. The van der Waals surface area contributed by atoms with Crippen molar-refractivity contribution in [3.8, 4) is 0 Å². The number of hydrogen-bond acceptors (Lipinski definition) is 4. The summed E-state index contributed by atoms with van der Waals surface area (Å²) in [5.74, 6) is 0.184. The predicted octanol–water partition coefficient (Wildman–Crippen LogP) is 1.00. The van der Waals surface area contributed by atoms with Crippen LogP contribution in [0.3, 0.4) is 0 Å². The molecule has 1 aliphatic carbocycles. The van der Waals surface area contributed by atoms with Crippen molar-refractivity contribution in [1.29, 1.82) is 0 Å². The van der Waals surface area contributed by atoms with E-state index in [1.54, 1.807) is 17.9 Å². The van der Waals surface area contributed by atoms with Gasteiger partial charge in [0, 0.05) is 39.6 Å². The summed E-state index contributed by atoms with van der Waals surface area (Å²) in [5, 5.41) is 0. The van der Waals surface area contributed by atoms with Crippen molar-refractivity contribution >= 4 is 17.1 Å². The number of hydrogen-bond donors (Lipinski definition) is 0. The predicted molar refractivity (Wildman–Crippen MR) is 99.1 cm³/mol. The Labute approximate surface area is 152 Å². The van der Waals surface area contributed by atoms with Crippen LogP contribution in [0.25, 0.3) is 11.2 Å². The first-order valence-corrected chi connectivity index (χ1v) is 9.36. The average Bonchev–Trinajstić information content (AvgIpc) is 3.29. The van der Waals surface area contributed by atoms with Gasteiger partial charge in [-0.15, -0.1) is 0 Å². The number of nitrogens with zero attached hydrogens (tertiary/aromatic N) is 5. The monoisotopic (exact) mass is 361 g/mol. The van der Waals surface area contributed by atoms with Gasteiger partial charge in [0.15, 0.2) is 11.2 Å². The van der Waals surface area contributed by atoms with Crippen molar-refractivity contribution in [2.45, 2.75) is 58.0 Å². The van der Waals surface area contributed by atoms with Crippen molar-refractivity contribution < 1.29 is 4.79 Å². The van der Waals surface area contributed by atoms with Crippen molar-refractivity contribution in [3.63, 3.8) is 0 Å². The Kier molecular flexibility index (Phi) is 5.29. The first kappa shape index (κ1) is 18.4. The molecule has 0 saturated heterocycles. The smallest absolute Gasteiger partial charge is 0.332 e. The van der Waals surface area contributed by atoms with Crippen molar-refractivity contribution in [1.82, 2.24) is 23.6 Å². The third kappa shape index (κ3) is 3.20. The van der Waals surface area contributed by atoms with Crippen LogP contribution in [0, 0.1) is 0 Å². The molecule has 0 bridgehead atoms. The zero-order valence-corrected chi connectivity index (χ0v) is 15.8. The van der Waals surface area contributed by atoms with E-state index in [1.165, 1.54) is 24.5 Å². The first-order valence-electron chi connectivity index (χ1n) is 9.36. The Morgan fingerprint density at radius 3 is 2.58 bits per heavy atom. The minimum Gasteiger partial charge on any atom is -0.340 e. The minimum atomic E-state index is -0.391. The Hall–Kier alpha value is -2.38. The maximum atomic E-state index is 12.6. The molecule has 0 radical (unpaired) electrons. The van der Waals surface area contributed by atoms with Gasteiger partial charge in [-0.2, -0.15) is 0 Å². The van der Waals surface area contributed by atoms with E-state index in [0.29, 0.717) is 36.6 Å². The lowest BCUT2D eigenvalue weighted by Gasteiger charge is -2.27. The molecule has 0 spiro atoms. The van der Waals surface area contributed by atoms with E-state index in [9.17, 15) is 14.4 Å². The molecular weight excluding hydrogens is 334 g/mol. The van der Waals surface area contributed by atoms with Crippen LogP contribution in [0.5, 0.6) is 0 Å². The number of amides is 1. The second-order valence-corrected chi connectivity index (χ2v) is 7.04. The maximum absolute atomic E-state index is 12.6. The highest BCUT2D eigenvalue weighted by Gasteiger charge is 2.25. The highest BCUT2D eigenvalue weighted by atomic mass is 16.2. The summed E-state index contributed by atoms with van der Waals surface area (Å²) in [4.78, 5) is 43.2. The lowest BCUT2D eigenvalue weighted by atomic mass is 10.2.